The molecule has 1 saturated heterocycles. The van der Waals surface area contributed by atoms with E-state index in [1.807, 2.05) is 42.7 Å². The van der Waals surface area contributed by atoms with Gasteiger partial charge in [-0.25, -0.2) is 0 Å². The van der Waals surface area contributed by atoms with Crippen LogP contribution in [0.4, 0.5) is 0 Å². The molecular formula is C28H28N4O. The Kier molecular flexibility index (Phi) is 5.85. The van der Waals surface area contributed by atoms with Crippen LogP contribution in [0.1, 0.15) is 18.4 Å². The lowest BCUT2D eigenvalue weighted by atomic mass is 9.98. The van der Waals surface area contributed by atoms with Gasteiger partial charge >= 0.3 is 0 Å². The fourth-order valence-corrected chi connectivity index (χ4v) is 5.00. The number of likely N-dealkylation sites (tertiary alicyclic amines) is 1. The van der Waals surface area contributed by atoms with E-state index < -0.39 is 0 Å². The third kappa shape index (κ3) is 4.35. The van der Waals surface area contributed by atoms with Gasteiger partial charge in [-0.1, -0.05) is 12.1 Å². The third-order valence-electron chi connectivity index (χ3n) is 6.64. The summed E-state index contributed by atoms with van der Waals surface area (Å²) < 4.78 is 7.77. The van der Waals surface area contributed by atoms with E-state index in [0.29, 0.717) is 11.5 Å². The molecule has 0 amide bonds. The molecule has 0 saturated carbocycles. The Morgan fingerprint density at radius 2 is 1.97 bits per heavy atom. The van der Waals surface area contributed by atoms with Crippen molar-refractivity contribution < 1.29 is 4.74 Å². The van der Waals surface area contributed by atoms with Gasteiger partial charge in [-0.05, 0) is 74.3 Å². The highest BCUT2D eigenvalue weighted by Crippen LogP contribution is 2.34. The van der Waals surface area contributed by atoms with Crippen molar-refractivity contribution in [3.8, 4) is 34.1 Å². The normalized spacial score (nSPS) is 16.6. The summed E-state index contributed by atoms with van der Waals surface area (Å²) in [4.78, 5) is 6.98. The molecular weight excluding hydrogens is 408 g/mol. The summed E-state index contributed by atoms with van der Waals surface area (Å²) in [6.45, 7) is 3.29. The molecule has 5 nitrogen and oxygen atoms in total. The molecule has 1 unspecified atom stereocenters. The van der Waals surface area contributed by atoms with Crippen LogP contribution in [0, 0.1) is 17.2 Å². The maximum absolute atomic E-state index is 9.51. The first kappa shape index (κ1) is 21.2. The van der Waals surface area contributed by atoms with Gasteiger partial charge in [0.25, 0.3) is 0 Å². The molecule has 1 fully saturated rings. The van der Waals surface area contributed by atoms with Crippen molar-refractivity contribution in [2.75, 3.05) is 27.2 Å². The topological polar surface area (TPSA) is 54.1 Å². The number of hydrogen-bond acceptors (Lipinski definition) is 4. The van der Waals surface area contributed by atoms with Crippen molar-refractivity contribution in [2.24, 2.45) is 5.92 Å². The molecule has 1 aliphatic heterocycles. The number of benzene rings is 2. The van der Waals surface area contributed by atoms with Gasteiger partial charge in [0, 0.05) is 59.3 Å². The van der Waals surface area contributed by atoms with Crippen LogP contribution < -0.4 is 4.74 Å². The van der Waals surface area contributed by atoms with E-state index in [1.165, 1.54) is 24.9 Å². The molecule has 0 aliphatic carbocycles. The van der Waals surface area contributed by atoms with Crippen molar-refractivity contribution >= 4 is 10.9 Å². The van der Waals surface area contributed by atoms with Gasteiger partial charge in [0.05, 0.1) is 18.7 Å². The lowest BCUT2D eigenvalue weighted by molar-refractivity contribution is 0.196. The smallest absolute Gasteiger partial charge is 0.119 e. The van der Waals surface area contributed by atoms with Gasteiger partial charge in [-0.3, -0.25) is 4.98 Å². The first-order valence-electron chi connectivity index (χ1n) is 11.5. The molecule has 4 aromatic rings. The van der Waals surface area contributed by atoms with Crippen LogP contribution in [-0.2, 0) is 6.54 Å². The van der Waals surface area contributed by atoms with E-state index in [2.05, 4.69) is 52.0 Å². The van der Waals surface area contributed by atoms with Crippen molar-refractivity contribution in [3.63, 3.8) is 0 Å². The number of fused-ring (bicyclic) bond motifs is 1. The maximum Gasteiger partial charge on any atom is 0.119 e. The lowest BCUT2D eigenvalue weighted by Crippen LogP contribution is -2.33. The minimum Gasteiger partial charge on any atom is -0.497 e. The van der Waals surface area contributed by atoms with E-state index >= 15 is 0 Å². The van der Waals surface area contributed by atoms with E-state index in [-0.39, 0.29) is 0 Å². The summed E-state index contributed by atoms with van der Waals surface area (Å²) in [5.41, 5.74) is 6.12. The summed E-state index contributed by atoms with van der Waals surface area (Å²) in [6.07, 6.45) is 8.54. The molecule has 0 radical (unpaired) electrons. The van der Waals surface area contributed by atoms with Crippen LogP contribution >= 0.6 is 0 Å². The average molecular weight is 437 g/mol. The van der Waals surface area contributed by atoms with Gasteiger partial charge in [-0.15, -0.1) is 0 Å². The molecule has 1 atom stereocenters. The second-order valence-corrected chi connectivity index (χ2v) is 9.00. The van der Waals surface area contributed by atoms with E-state index in [1.54, 1.807) is 7.11 Å². The zero-order valence-electron chi connectivity index (χ0n) is 19.2. The predicted octanol–water partition coefficient (Wildman–Crippen LogP) is 5.59. The Morgan fingerprint density at radius 1 is 1.09 bits per heavy atom. The molecule has 0 spiro atoms. The Morgan fingerprint density at radius 3 is 2.79 bits per heavy atom. The highest BCUT2D eigenvalue weighted by molar-refractivity contribution is 5.97. The van der Waals surface area contributed by atoms with Crippen LogP contribution in [0.15, 0.2) is 67.1 Å². The van der Waals surface area contributed by atoms with Gasteiger partial charge in [0.2, 0.25) is 0 Å². The molecule has 2 aromatic heterocycles. The molecule has 1 aliphatic rings. The summed E-state index contributed by atoms with van der Waals surface area (Å²) in [5, 5.41) is 10.6. The van der Waals surface area contributed by atoms with Crippen molar-refractivity contribution in [3.05, 3.63) is 72.7 Å². The minimum atomic E-state index is 0.629. The number of piperidine rings is 1. The highest BCUT2D eigenvalue weighted by Gasteiger charge is 2.20. The number of aromatic nitrogens is 2. The number of ether oxygens (including phenoxy) is 1. The van der Waals surface area contributed by atoms with Gasteiger partial charge in [0.15, 0.2) is 0 Å². The van der Waals surface area contributed by atoms with Crippen molar-refractivity contribution in [1.29, 1.82) is 5.26 Å². The SMILES string of the molecule is COc1cccc(-c2cncc(-c3cn(CC4CCCN(C)C4)c4ccc(C#N)cc34)c2)c1. The summed E-state index contributed by atoms with van der Waals surface area (Å²) >= 11 is 0. The second-order valence-electron chi connectivity index (χ2n) is 9.00. The van der Waals surface area contributed by atoms with Crippen LogP contribution in [0.2, 0.25) is 0 Å². The highest BCUT2D eigenvalue weighted by atomic mass is 16.5. The first-order valence-corrected chi connectivity index (χ1v) is 11.5. The molecule has 2 aromatic carbocycles. The number of nitriles is 1. The molecule has 166 valence electrons. The van der Waals surface area contributed by atoms with Crippen molar-refractivity contribution in [2.45, 2.75) is 19.4 Å². The third-order valence-corrected chi connectivity index (χ3v) is 6.64. The van der Waals surface area contributed by atoms with E-state index in [4.69, 9.17) is 4.74 Å². The van der Waals surface area contributed by atoms with Crippen LogP contribution in [0.3, 0.4) is 0 Å². The second kappa shape index (κ2) is 9.09. The van der Waals surface area contributed by atoms with Crippen LogP contribution in [0.5, 0.6) is 5.75 Å². The number of nitrogens with zero attached hydrogens (tertiary/aromatic N) is 4. The quantitative estimate of drug-likeness (QED) is 0.409. The summed E-state index contributed by atoms with van der Waals surface area (Å²) in [7, 11) is 3.89. The Labute approximate surface area is 194 Å². The molecule has 5 rings (SSSR count). The molecule has 0 N–H and O–H groups in total. The zero-order valence-corrected chi connectivity index (χ0v) is 19.2. The van der Waals surface area contributed by atoms with Crippen molar-refractivity contribution in [1.82, 2.24) is 14.5 Å². The average Bonchev–Trinajstić information content (AvgIpc) is 3.21. The maximum atomic E-state index is 9.51. The molecule has 3 heterocycles. The number of pyridine rings is 1. The summed E-state index contributed by atoms with van der Waals surface area (Å²) in [6, 6.07) is 18.5. The largest absolute Gasteiger partial charge is 0.497 e. The van der Waals surface area contributed by atoms with Gasteiger partial charge < -0.3 is 14.2 Å². The fourth-order valence-electron chi connectivity index (χ4n) is 5.00. The Bertz CT molecular complexity index is 1330. The Balaban J connectivity index is 1.58. The lowest BCUT2D eigenvalue weighted by Gasteiger charge is -2.30. The molecule has 33 heavy (non-hydrogen) atoms. The van der Waals surface area contributed by atoms with Gasteiger partial charge in [-0.2, -0.15) is 5.26 Å². The van der Waals surface area contributed by atoms with E-state index in [0.717, 1.165) is 46.5 Å². The minimum absolute atomic E-state index is 0.629. The van der Waals surface area contributed by atoms with Crippen LogP contribution in [-0.4, -0.2) is 41.7 Å². The monoisotopic (exact) mass is 436 g/mol. The number of rotatable bonds is 5. The summed E-state index contributed by atoms with van der Waals surface area (Å²) in [5.74, 6) is 1.45. The Hall–Kier alpha value is -3.62. The predicted molar refractivity (Wildman–Crippen MR) is 132 cm³/mol. The van der Waals surface area contributed by atoms with E-state index in [9.17, 15) is 5.26 Å². The molecule has 5 heteroatoms. The fraction of sp³-hybridized carbons (Fsp3) is 0.286. The molecule has 0 bridgehead atoms. The first-order chi connectivity index (χ1) is 16.1. The standard InChI is InChI=1S/C28H28N4O/c1-31-10-4-5-21(17-31)18-32-19-27(26-11-20(14-29)8-9-28(26)32)24-12-23(15-30-16-24)22-6-3-7-25(13-22)33-2/h3,6-9,11-13,15-16,19,21H,4-5,10,17-18H2,1-2H3. The zero-order chi connectivity index (χ0) is 22.8. The van der Waals surface area contributed by atoms with Crippen LogP contribution in [0.25, 0.3) is 33.2 Å². The number of methoxy groups -OCH3 is 1. The van der Waals surface area contributed by atoms with Gasteiger partial charge in [0.1, 0.15) is 5.75 Å². The number of hydrogen-bond donors (Lipinski definition) is 0.